The Morgan fingerprint density at radius 2 is 1.77 bits per heavy atom. The van der Waals surface area contributed by atoms with E-state index in [1.807, 2.05) is 24.3 Å². The summed E-state index contributed by atoms with van der Waals surface area (Å²) in [5, 5.41) is 3.10. The Labute approximate surface area is 142 Å². The molecule has 122 valence electrons. The molecule has 1 atom stereocenters. The van der Waals surface area contributed by atoms with Crippen molar-refractivity contribution in [2.45, 2.75) is 19.9 Å². The molecule has 1 amide bonds. The molecule has 1 saturated heterocycles. The Bertz CT molecular complexity index is 481. The van der Waals surface area contributed by atoms with Gasteiger partial charge in [-0.05, 0) is 37.2 Å². The van der Waals surface area contributed by atoms with Crippen LogP contribution in [0.2, 0.25) is 0 Å². The first kappa shape index (κ1) is 17.4. The standard InChI is InChI=1S/C17H26BrN3O/c1-13(2)16(21-10-8-20(3)9-11-21)12-19-17(22)14-4-6-15(18)7-5-14/h4-7,13,16H,8-12H2,1-3H3,(H,19,22). The van der Waals surface area contributed by atoms with Gasteiger partial charge < -0.3 is 10.2 Å². The predicted octanol–water partition coefficient (Wildman–Crippen LogP) is 2.45. The summed E-state index contributed by atoms with van der Waals surface area (Å²) in [5.74, 6) is 0.529. The molecule has 1 fully saturated rings. The summed E-state index contributed by atoms with van der Waals surface area (Å²) in [7, 11) is 2.16. The minimum absolute atomic E-state index is 0.00674. The summed E-state index contributed by atoms with van der Waals surface area (Å²) in [5.41, 5.74) is 0.712. The van der Waals surface area contributed by atoms with Gasteiger partial charge in [-0.25, -0.2) is 0 Å². The quantitative estimate of drug-likeness (QED) is 0.867. The van der Waals surface area contributed by atoms with Crippen LogP contribution in [0.3, 0.4) is 0 Å². The van der Waals surface area contributed by atoms with Crippen LogP contribution in [0.15, 0.2) is 28.7 Å². The van der Waals surface area contributed by atoms with E-state index in [0.29, 0.717) is 24.1 Å². The fraction of sp³-hybridized carbons (Fsp3) is 0.588. The molecule has 1 unspecified atom stereocenters. The van der Waals surface area contributed by atoms with Gasteiger partial charge in [0.25, 0.3) is 5.91 Å². The minimum atomic E-state index is 0.00674. The van der Waals surface area contributed by atoms with Gasteiger partial charge in [0.05, 0.1) is 0 Å². The lowest BCUT2D eigenvalue weighted by Gasteiger charge is -2.39. The van der Waals surface area contributed by atoms with Gasteiger partial charge in [-0.1, -0.05) is 29.8 Å². The summed E-state index contributed by atoms with van der Waals surface area (Å²) in [4.78, 5) is 17.1. The predicted molar refractivity (Wildman–Crippen MR) is 94.2 cm³/mol. The van der Waals surface area contributed by atoms with Gasteiger partial charge in [-0.3, -0.25) is 9.69 Å². The van der Waals surface area contributed by atoms with Crippen molar-refractivity contribution < 1.29 is 4.79 Å². The molecule has 22 heavy (non-hydrogen) atoms. The highest BCUT2D eigenvalue weighted by atomic mass is 79.9. The highest BCUT2D eigenvalue weighted by Crippen LogP contribution is 2.14. The molecule has 0 saturated carbocycles. The normalized spacial score (nSPS) is 18.4. The molecule has 1 aliphatic heterocycles. The van der Waals surface area contributed by atoms with Crippen molar-refractivity contribution in [2.24, 2.45) is 5.92 Å². The van der Waals surface area contributed by atoms with Crippen molar-refractivity contribution in [1.82, 2.24) is 15.1 Å². The van der Waals surface area contributed by atoms with Crippen LogP contribution in [-0.2, 0) is 0 Å². The van der Waals surface area contributed by atoms with Crippen LogP contribution < -0.4 is 5.32 Å². The van der Waals surface area contributed by atoms with E-state index < -0.39 is 0 Å². The van der Waals surface area contributed by atoms with E-state index in [0.717, 1.165) is 30.7 Å². The van der Waals surface area contributed by atoms with Crippen LogP contribution in [0.25, 0.3) is 0 Å². The second kappa shape index (κ2) is 8.09. The summed E-state index contributed by atoms with van der Waals surface area (Å²) in [6.07, 6.45) is 0. The fourth-order valence-corrected chi connectivity index (χ4v) is 3.10. The van der Waals surface area contributed by atoms with E-state index in [-0.39, 0.29) is 5.91 Å². The molecule has 0 bridgehead atoms. The van der Waals surface area contributed by atoms with Crippen molar-refractivity contribution in [3.05, 3.63) is 34.3 Å². The fourth-order valence-electron chi connectivity index (χ4n) is 2.84. The molecule has 0 radical (unpaired) electrons. The number of carbonyl (C=O) groups is 1. The second-order valence-electron chi connectivity index (χ2n) is 6.37. The van der Waals surface area contributed by atoms with Crippen LogP contribution in [0.4, 0.5) is 0 Å². The van der Waals surface area contributed by atoms with Crippen molar-refractivity contribution >= 4 is 21.8 Å². The van der Waals surface area contributed by atoms with Gasteiger partial charge >= 0.3 is 0 Å². The highest BCUT2D eigenvalue weighted by molar-refractivity contribution is 9.10. The molecule has 1 N–H and O–H groups in total. The van der Waals surface area contributed by atoms with Crippen LogP contribution in [0.1, 0.15) is 24.2 Å². The number of nitrogens with zero attached hydrogens (tertiary/aromatic N) is 2. The van der Waals surface area contributed by atoms with Crippen LogP contribution in [-0.4, -0.2) is 61.5 Å². The van der Waals surface area contributed by atoms with Crippen LogP contribution in [0.5, 0.6) is 0 Å². The maximum atomic E-state index is 12.3. The summed E-state index contributed by atoms with van der Waals surface area (Å²) in [6.45, 7) is 9.52. The maximum Gasteiger partial charge on any atom is 0.251 e. The zero-order valence-electron chi connectivity index (χ0n) is 13.7. The first-order valence-corrected chi connectivity index (χ1v) is 8.73. The van der Waals surface area contributed by atoms with E-state index >= 15 is 0 Å². The molecule has 1 aromatic rings. The number of rotatable bonds is 5. The summed E-state index contributed by atoms with van der Waals surface area (Å²) < 4.78 is 0.988. The number of halogens is 1. The molecule has 1 heterocycles. The van der Waals surface area contributed by atoms with Gasteiger partial charge in [0.1, 0.15) is 0 Å². The van der Waals surface area contributed by atoms with Gasteiger partial charge in [-0.15, -0.1) is 0 Å². The monoisotopic (exact) mass is 367 g/mol. The Balaban J connectivity index is 1.91. The first-order valence-electron chi connectivity index (χ1n) is 7.93. The van der Waals surface area contributed by atoms with Crippen molar-refractivity contribution in [3.63, 3.8) is 0 Å². The molecule has 2 rings (SSSR count). The summed E-state index contributed by atoms with van der Waals surface area (Å²) >= 11 is 3.39. The van der Waals surface area contributed by atoms with E-state index in [1.54, 1.807) is 0 Å². The van der Waals surface area contributed by atoms with Gasteiger partial charge in [-0.2, -0.15) is 0 Å². The number of piperazine rings is 1. The number of carbonyl (C=O) groups excluding carboxylic acids is 1. The molecule has 0 spiro atoms. The zero-order valence-corrected chi connectivity index (χ0v) is 15.3. The molecule has 1 aromatic carbocycles. The van der Waals surface area contributed by atoms with Crippen molar-refractivity contribution in [3.8, 4) is 0 Å². The smallest absolute Gasteiger partial charge is 0.251 e. The van der Waals surface area contributed by atoms with E-state index in [2.05, 4.69) is 51.9 Å². The van der Waals surface area contributed by atoms with Gasteiger partial charge in [0.2, 0.25) is 0 Å². The van der Waals surface area contributed by atoms with Gasteiger partial charge in [0.15, 0.2) is 0 Å². The molecule has 4 nitrogen and oxygen atoms in total. The molecular formula is C17H26BrN3O. The van der Waals surface area contributed by atoms with Crippen LogP contribution >= 0.6 is 15.9 Å². The van der Waals surface area contributed by atoms with Crippen LogP contribution in [0, 0.1) is 5.92 Å². The third-order valence-corrected chi connectivity index (χ3v) is 4.88. The molecule has 0 aromatic heterocycles. The number of benzene rings is 1. The third kappa shape index (κ3) is 4.80. The lowest BCUT2D eigenvalue weighted by atomic mass is 10.0. The zero-order chi connectivity index (χ0) is 16.1. The first-order chi connectivity index (χ1) is 10.5. The number of amides is 1. The lowest BCUT2D eigenvalue weighted by Crippen LogP contribution is -2.54. The average Bonchev–Trinajstić information content (AvgIpc) is 2.49. The average molecular weight is 368 g/mol. The van der Waals surface area contributed by atoms with Gasteiger partial charge in [0, 0.05) is 48.8 Å². The van der Waals surface area contributed by atoms with E-state index in [1.165, 1.54) is 0 Å². The number of hydrogen-bond acceptors (Lipinski definition) is 3. The third-order valence-electron chi connectivity index (χ3n) is 4.35. The lowest BCUT2D eigenvalue weighted by molar-refractivity contribution is 0.0791. The van der Waals surface area contributed by atoms with Crippen molar-refractivity contribution in [1.29, 1.82) is 0 Å². The molecule has 1 aliphatic rings. The molecule has 5 heteroatoms. The SMILES string of the molecule is CC(C)C(CNC(=O)c1ccc(Br)cc1)N1CCN(C)CC1. The van der Waals surface area contributed by atoms with Crippen molar-refractivity contribution in [2.75, 3.05) is 39.8 Å². The number of likely N-dealkylation sites (N-methyl/N-ethyl adjacent to an activating group) is 1. The largest absolute Gasteiger partial charge is 0.350 e. The van der Waals surface area contributed by atoms with E-state index in [4.69, 9.17) is 0 Å². The highest BCUT2D eigenvalue weighted by Gasteiger charge is 2.25. The number of nitrogens with one attached hydrogen (secondary N) is 1. The minimum Gasteiger partial charge on any atom is -0.350 e. The molecular weight excluding hydrogens is 342 g/mol. The number of hydrogen-bond donors (Lipinski definition) is 1. The Morgan fingerprint density at radius 3 is 2.32 bits per heavy atom. The van der Waals surface area contributed by atoms with E-state index in [9.17, 15) is 4.79 Å². The maximum absolute atomic E-state index is 12.3. The summed E-state index contributed by atoms with van der Waals surface area (Å²) in [6, 6.07) is 7.89. The Hall–Kier alpha value is -0.910. The Morgan fingerprint density at radius 1 is 1.18 bits per heavy atom. The molecule has 0 aliphatic carbocycles. The second-order valence-corrected chi connectivity index (χ2v) is 7.28. The topological polar surface area (TPSA) is 35.6 Å². The Kier molecular flexibility index (Phi) is 6.41.